The highest BCUT2D eigenvalue weighted by molar-refractivity contribution is 7.99. The smallest absolute Gasteiger partial charge is 0.223 e. The van der Waals surface area contributed by atoms with Crippen LogP contribution in [0.4, 0.5) is 10.1 Å². The molecule has 3 rings (SSSR count). The van der Waals surface area contributed by atoms with Gasteiger partial charge in [-0.15, -0.1) is 11.8 Å². The van der Waals surface area contributed by atoms with Gasteiger partial charge in [0.1, 0.15) is 5.82 Å². The highest BCUT2D eigenvalue weighted by atomic mass is 32.2. The number of carbonyl (C=O) groups excluding carboxylic acids is 1. The molecular weight excluding hydrogens is 347 g/mol. The van der Waals surface area contributed by atoms with Gasteiger partial charge in [-0.25, -0.2) is 4.39 Å². The first-order valence-corrected chi connectivity index (χ1v) is 10.0. The quantitative estimate of drug-likeness (QED) is 0.732. The molecule has 0 bridgehead atoms. The average molecular weight is 373 g/mol. The Kier molecular flexibility index (Phi) is 6.20. The Balaban J connectivity index is 1.46. The largest absolute Gasteiger partial charge is 0.368 e. The van der Waals surface area contributed by atoms with Crippen LogP contribution in [0.5, 0.6) is 0 Å². The maximum absolute atomic E-state index is 12.9. The number of anilines is 1. The molecule has 0 unspecified atom stereocenters. The number of amides is 1. The number of benzene rings is 2. The van der Waals surface area contributed by atoms with E-state index in [0.717, 1.165) is 36.8 Å². The molecule has 0 atom stereocenters. The molecule has 1 saturated heterocycles. The average Bonchev–Trinajstić information content (AvgIpc) is 2.66. The third kappa shape index (κ3) is 4.58. The van der Waals surface area contributed by atoms with Crippen LogP contribution in [0.15, 0.2) is 47.4 Å². The van der Waals surface area contributed by atoms with Crippen LogP contribution in [-0.4, -0.2) is 42.7 Å². The van der Waals surface area contributed by atoms with Gasteiger partial charge in [-0.1, -0.05) is 12.1 Å². The standard InChI is InChI=1S/C21H25FN2OS/c1-16-4-3-5-20(17(16)2)23-11-13-24(14-12-23)21(25)10-15-26-19-8-6-18(22)7-9-19/h3-9H,10-15H2,1-2H3. The van der Waals surface area contributed by atoms with Crippen LogP contribution in [0.1, 0.15) is 17.5 Å². The molecule has 1 aliphatic heterocycles. The van der Waals surface area contributed by atoms with E-state index >= 15 is 0 Å². The molecule has 138 valence electrons. The number of rotatable bonds is 5. The van der Waals surface area contributed by atoms with Crippen LogP contribution in [0.3, 0.4) is 0 Å². The second kappa shape index (κ2) is 8.58. The molecule has 1 fully saturated rings. The minimum atomic E-state index is -0.229. The van der Waals surface area contributed by atoms with E-state index in [0.29, 0.717) is 6.42 Å². The number of aryl methyl sites for hydroxylation is 1. The lowest BCUT2D eigenvalue weighted by atomic mass is 10.1. The van der Waals surface area contributed by atoms with Crippen molar-refractivity contribution in [3.05, 3.63) is 59.4 Å². The van der Waals surface area contributed by atoms with Gasteiger partial charge in [-0.3, -0.25) is 4.79 Å². The number of hydrogen-bond acceptors (Lipinski definition) is 3. The minimum Gasteiger partial charge on any atom is -0.368 e. The summed E-state index contributed by atoms with van der Waals surface area (Å²) in [5.41, 5.74) is 3.91. The van der Waals surface area contributed by atoms with E-state index < -0.39 is 0 Å². The Hall–Kier alpha value is -2.01. The summed E-state index contributed by atoms with van der Waals surface area (Å²) in [6, 6.07) is 12.8. The lowest BCUT2D eigenvalue weighted by Crippen LogP contribution is -2.49. The van der Waals surface area contributed by atoms with E-state index in [9.17, 15) is 9.18 Å². The van der Waals surface area contributed by atoms with E-state index in [1.54, 1.807) is 23.9 Å². The molecule has 3 nitrogen and oxygen atoms in total. The summed E-state index contributed by atoms with van der Waals surface area (Å²) in [5, 5.41) is 0. The Labute approximate surface area is 159 Å². The van der Waals surface area contributed by atoms with E-state index in [1.165, 1.54) is 28.9 Å². The zero-order valence-corrected chi connectivity index (χ0v) is 16.2. The fourth-order valence-electron chi connectivity index (χ4n) is 3.22. The van der Waals surface area contributed by atoms with Crippen LogP contribution in [0.2, 0.25) is 0 Å². The SMILES string of the molecule is Cc1cccc(N2CCN(C(=O)CCSc3ccc(F)cc3)CC2)c1C. The van der Waals surface area contributed by atoms with Crippen molar-refractivity contribution in [3.8, 4) is 0 Å². The van der Waals surface area contributed by atoms with Crippen molar-refractivity contribution in [2.75, 3.05) is 36.8 Å². The van der Waals surface area contributed by atoms with Gasteiger partial charge in [-0.05, 0) is 55.3 Å². The maximum Gasteiger partial charge on any atom is 0.223 e. The molecule has 0 radical (unpaired) electrons. The first kappa shape index (κ1) is 18.8. The summed E-state index contributed by atoms with van der Waals surface area (Å²) in [5.74, 6) is 0.703. The van der Waals surface area contributed by atoms with Gasteiger partial charge in [-0.2, -0.15) is 0 Å². The van der Waals surface area contributed by atoms with E-state index in [1.807, 2.05) is 4.90 Å². The van der Waals surface area contributed by atoms with Crippen LogP contribution >= 0.6 is 11.8 Å². The molecule has 1 heterocycles. The summed E-state index contributed by atoms with van der Waals surface area (Å²) in [6.45, 7) is 7.59. The van der Waals surface area contributed by atoms with Gasteiger partial charge in [0, 0.05) is 48.9 Å². The predicted molar refractivity (Wildman–Crippen MR) is 106 cm³/mol. The second-order valence-electron chi connectivity index (χ2n) is 6.64. The lowest BCUT2D eigenvalue weighted by molar-refractivity contribution is -0.131. The Morgan fingerprint density at radius 3 is 2.42 bits per heavy atom. The van der Waals surface area contributed by atoms with Gasteiger partial charge in [0.2, 0.25) is 5.91 Å². The van der Waals surface area contributed by atoms with Crippen LogP contribution < -0.4 is 4.90 Å². The molecule has 2 aromatic rings. The number of piperazine rings is 1. The number of halogens is 1. The fraction of sp³-hybridized carbons (Fsp3) is 0.381. The van der Waals surface area contributed by atoms with Gasteiger partial charge in [0.15, 0.2) is 0 Å². The van der Waals surface area contributed by atoms with Crippen molar-refractivity contribution >= 4 is 23.4 Å². The molecule has 1 aliphatic rings. The molecule has 26 heavy (non-hydrogen) atoms. The second-order valence-corrected chi connectivity index (χ2v) is 7.81. The van der Waals surface area contributed by atoms with Crippen molar-refractivity contribution in [2.24, 2.45) is 0 Å². The van der Waals surface area contributed by atoms with E-state index in [4.69, 9.17) is 0 Å². The molecular formula is C21H25FN2OS. The third-order valence-electron chi connectivity index (χ3n) is 4.95. The first-order valence-electron chi connectivity index (χ1n) is 9.02. The third-order valence-corrected chi connectivity index (χ3v) is 5.96. The molecule has 5 heteroatoms. The molecule has 0 aromatic heterocycles. The normalized spacial score (nSPS) is 14.6. The van der Waals surface area contributed by atoms with Crippen LogP contribution in [-0.2, 0) is 4.79 Å². The Bertz CT molecular complexity index is 755. The Morgan fingerprint density at radius 1 is 1.04 bits per heavy atom. The zero-order valence-electron chi connectivity index (χ0n) is 15.4. The molecule has 0 N–H and O–H groups in total. The lowest BCUT2D eigenvalue weighted by Gasteiger charge is -2.37. The molecule has 0 saturated carbocycles. The van der Waals surface area contributed by atoms with Gasteiger partial charge in [0.05, 0.1) is 0 Å². The van der Waals surface area contributed by atoms with Crippen LogP contribution in [0, 0.1) is 19.7 Å². The van der Waals surface area contributed by atoms with Crippen molar-refractivity contribution in [1.29, 1.82) is 0 Å². The minimum absolute atomic E-state index is 0.209. The summed E-state index contributed by atoms with van der Waals surface area (Å²) in [6.07, 6.45) is 0.519. The maximum atomic E-state index is 12.9. The monoisotopic (exact) mass is 372 g/mol. The summed E-state index contributed by atoms with van der Waals surface area (Å²) < 4.78 is 12.9. The highest BCUT2D eigenvalue weighted by Crippen LogP contribution is 2.24. The molecule has 0 aliphatic carbocycles. The van der Waals surface area contributed by atoms with E-state index in [-0.39, 0.29) is 11.7 Å². The van der Waals surface area contributed by atoms with Gasteiger partial charge >= 0.3 is 0 Å². The summed E-state index contributed by atoms with van der Waals surface area (Å²) in [7, 11) is 0. The molecule has 1 amide bonds. The van der Waals surface area contributed by atoms with Crippen molar-refractivity contribution in [3.63, 3.8) is 0 Å². The predicted octanol–water partition coefficient (Wildman–Crippen LogP) is 4.27. The van der Waals surface area contributed by atoms with Gasteiger partial charge < -0.3 is 9.80 Å². The van der Waals surface area contributed by atoms with Crippen LogP contribution in [0.25, 0.3) is 0 Å². The highest BCUT2D eigenvalue weighted by Gasteiger charge is 2.22. The van der Waals surface area contributed by atoms with Gasteiger partial charge in [0.25, 0.3) is 0 Å². The number of nitrogens with zero attached hydrogens (tertiary/aromatic N) is 2. The fourth-order valence-corrected chi connectivity index (χ4v) is 4.06. The van der Waals surface area contributed by atoms with Crippen molar-refractivity contribution in [1.82, 2.24) is 4.90 Å². The molecule has 2 aromatic carbocycles. The molecule has 0 spiro atoms. The number of thioether (sulfide) groups is 1. The summed E-state index contributed by atoms with van der Waals surface area (Å²) >= 11 is 1.60. The number of carbonyl (C=O) groups is 1. The van der Waals surface area contributed by atoms with Crippen molar-refractivity contribution in [2.45, 2.75) is 25.2 Å². The van der Waals surface area contributed by atoms with Crippen molar-refractivity contribution < 1.29 is 9.18 Å². The number of hydrogen-bond donors (Lipinski definition) is 0. The summed E-state index contributed by atoms with van der Waals surface area (Å²) in [4.78, 5) is 17.8. The Morgan fingerprint density at radius 2 is 1.73 bits per heavy atom. The topological polar surface area (TPSA) is 23.6 Å². The van der Waals surface area contributed by atoms with E-state index in [2.05, 4.69) is 36.9 Å². The first-order chi connectivity index (χ1) is 12.5. The zero-order chi connectivity index (χ0) is 18.5.